The van der Waals surface area contributed by atoms with Gasteiger partial charge in [0, 0.05) is 24.1 Å². The molecule has 0 spiro atoms. The van der Waals surface area contributed by atoms with E-state index < -0.39 is 0 Å². The maximum Gasteiger partial charge on any atom is 0.133 e. The summed E-state index contributed by atoms with van der Waals surface area (Å²) >= 11 is 0. The summed E-state index contributed by atoms with van der Waals surface area (Å²) in [5.74, 6) is 2.12. The Kier molecular flexibility index (Phi) is 4.94. The van der Waals surface area contributed by atoms with Crippen molar-refractivity contribution in [2.24, 2.45) is 0 Å². The molecule has 1 aromatic heterocycles. The van der Waals surface area contributed by atoms with E-state index in [-0.39, 0.29) is 0 Å². The molecular formula is C18H25N3. The Bertz CT molecular complexity index is 601. The molecule has 0 radical (unpaired) electrons. The molecule has 0 saturated carbocycles. The van der Waals surface area contributed by atoms with Crippen molar-refractivity contribution in [2.75, 3.05) is 12.4 Å². The van der Waals surface area contributed by atoms with Crippen LogP contribution in [0.2, 0.25) is 0 Å². The van der Waals surface area contributed by atoms with E-state index in [0.717, 1.165) is 34.9 Å². The second-order valence-corrected chi connectivity index (χ2v) is 5.76. The van der Waals surface area contributed by atoms with Gasteiger partial charge in [0.05, 0.1) is 5.69 Å². The van der Waals surface area contributed by atoms with Crippen LogP contribution in [0.25, 0.3) is 11.3 Å². The molecule has 1 aromatic carbocycles. The van der Waals surface area contributed by atoms with E-state index in [0.29, 0.717) is 5.92 Å². The number of aromatic nitrogens is 2. The van der Waals surface area contributed by atoms with E-state index >= 15 is 0 Å². The molecule has 3 nitrogen and oxygen atoms in total. The van der Waals surface area contributed by atoms with Crippen molar-refractivity contribution in [3.05, 3.63) is 41.2 Å². The molecule has 0 fully saturated rings. The molecule has 112 valence electrons. The van der Waals surface area contributed by atoms with Crippen molar-refractivity contribution in [1.82, 2.24) is 9.97 Å². The minimum Gasteiger partial charge on any atom is -0.373 e. The first-order chi connectivity index (χ1) is 10.1. The molecule has 0 aliphatic carbocycles. The molecule has 0 amide bonds. The highest BCUT2D eigenvalue weighted by molar-refractivity contribution is 5.68. The third-order valence-corrected chi connectivity index (χ3v) is 3.68. The Hall–Kier alpha value is -1.90. The summed E-state index contributed by atoms with van der Waals surface area (Å²) in [5.41, 5.74) is 4.67. The average molecular weight is 283 g/mol. The Morgan fingerprint density at radius 3 is 2.29 bits per heavy atom. The first-order valence-corrected chi connectivity index (χ1v) is 7.72. The first kappa shape index (κ1) is 15.5. The Morgan fingerprint density at radius 2 is 1.76 bits per heavy atom. The number of hydrogen-bond donors (Lipinski definition) is 1. The number of benzene rings is 1. The number of aryl methyl sites for hydroxylation is 1. The van der Waals surface area contributed by atoms with Crippen LogP contribution in [0.15, 0.2) is 24.3 Å². The maximum atomic E-state index is 4.78. The molecular weight excluding hydrogens is 258 g/mol. The summed E-state index contributed by atoms with van der Waals surface area (Å²) in [6, 6.07) is 8.75. The molecule has 0 bridgehead atoms. The molecule has 0 saturated heterocycles. The van der Waals surface area contributed by atoms with Gasteiger partial charge in [0.25, 0.3) is 0 Å². The second kappa shape index (κ2) is 6.70. The van der Waals surface area contributed by atoms with Crippen LogP contribution in [0, 0.1) is 6.92 Å². The molecule has 0 atom stereocenters. The second-order valence-electron chi connectivity index (χ2n) is 5.76. The molecule has 0 unspecified atom stereocenters. The Labute approximate surface area is 127 Å². The van der Waals surface area contributed by atoms with E-state index in [1.807, 2.05) is 7.05 Å². The van der Waals surface area contributed by atoms with Crippen molar-refractivity contribution >= 4 is 5.82 Å². The number of hydrogen-bond acceptors (Lipinski definition) is 3. The molecule has 0 aliphatic heterocycles. The molecule has 3 heteroatoms. The van der Waals surface area contributed by atoms with Gasteiger partial charge in [0.2, 0.25) is 0 Å². The number of anilines is 1. The lowest BCUT2D eigenvalue weighted by atomic mass is 10.0. The van der Waals surface area contributed by atoms with Crippen molar-refractivity contribution in [3.8, 4) is 11.3 Å². The van der Waals surface area contributed by atoms with Crippen molar-refractivity contribution in [2.45, 2.75) is 46.5 Å². The van der Waals surface area contributed by atoms with Crippen LogP contribution < -0.4 is 5.32 Å². The number of nitrogens with one attached hydrogen (secondary N) is 1. The zero-order valence-electron chi connectivity index (χ0n) is 13.7. The van der Waals surface area contributed by atoms with Crippen LogP contribution in [0.5, 0.6) is 0 Å². The smallest absolute Gasteiger partial charge is 0.133 e. The molecule has 2 rings (SSSR count). The summed E-state index contributed by atoms with van der Waals surface area (Å²) in [6.07, 6.45) is 2.30. The minimum atomic E-state index is 0.316. The zero-order valence-corrected chi connectivity index (χ0v) is 13.7. The predicted octanol–water partition coefficient (Wildman–Crippen LogP) is 4.57. The van der Waals surface area contributed by atoms with Crippen LogP contribution in [0.4, 0.5) is 5.82 Å². The largest absolute Gasteiger partial charge is 0.373 e. The van der Waals surface area contributed by atoms with Crippen molar-refractivity contribution < 1.29 is 0 Å². The predicted molar refractivity (Wildman–Crippen MR) is 89.8 cm³/mol. The molecule has 0 aliphatic rings. The number of rotatable bonds is 5. The maximum absolute atomic E-state index is 4.78. The van der Waals surface area contributed by atoms with Gasteiger partial charge < -0.3 is 5.32 Å². The summed E-state index contributed by atoms with van der Waals surface area (Å²) in [4.78, 5) is 9.38. The van der Waals surface area contributed by atoms with E-state index in [9.17, 15) is 0 Å². The first-order valence-electron chi connectivity index (χ1n) is 7.72. The summed E-state index contributed by atoms with van der Waals surface area (Å²) in [6.45, 7) is 8.53. The highest BCUT2D eigenvalue weighted by atomic mass is 15.0. The normalized spacial score (nSPS) is 11.0. The highest BCUT2D eigenvalue weighted by Gasteiger charge is 2.13. The van der Waals surface area contributed by atoms with Crippen LogP contribution in [0.1, 0.15) is 50.1 Å². The van der Waals surface area contributed by atoms with Gasteiger partial charge in [-0.3, -0.25) is 0 Å². The number of nitrogens with zero attached hydrogens (tertiary/aromatic N) is 2. The quantitative estimate of drug-likeness (QED) is 0.873. The fourth-order valence-corrected chi connectivity index (χ4v) is 2.43. The lowest BCUT2D eigenvalue weighted by Gasteiger charge is -2.14. The lowest BCUT2D eigenvalue weighted by molar-refractivity contribution is 0.775. The van der Waals surface area contributed by atoms with Crippen LogP contribution in [0.3, 0.4) is 0 Å². The summed E-state index contributed by atoms with van der Waals surface area (Å²) < 4.78 is 0. The Balaban J connectivity index is 2.48. The SMILES string of the molecule is CCCc1ccc(-c2nc(C(C)C)nc(NC)c2C)cc1. The van der Waals surface area contributed by atoms with Gasteiger partial charge in [-0.05, 0) is 18.9 Å². The zero-order chi connectivity index (χ0) is 15.4. The van der Waals surface area contributed by atoms with Crippen molar-refractivity contribution in [3.63, 3.8) is 0 Å². The summed E-state index contributed by atoms with van der Waals surface area (Å²) in [7, 11) is 1.91. The van der Waals surface area contributed by atoms with Gasteiger partial charge in [-0.2, -0.15) is 0 Å². The van der Waals surface area contributed by atoms with Gasteiger partial charge in [-0.15, -0.1) is 0 Å². The van der Waals surface area contributed by atoms with Gasteiger partial charge in [-0.1, -0.05) is 51.5 Å². The average Bonchev–Trinajstić information content (AvgIpc) is 2.48. The van der Waals surface area contributed by atoms with E-state index in [4.69, 9.17) is 4.98 Å². The fourth-order valence-electron chi connectivity index (χ4n) is 2.43. The van der Waals surface area contributed by atoms with Crippen LogP contribution in [-0.2, 0) is 6.42 Å². The van der Waals surface area contributed by atoms with E-state index in [1.165, 1.54) is 12.0 Å². The molecule has 2 aromatic rings. The molecule has 1 N–H and O–H groups in total. The molecule has 21 heavy (non-hydrogen) atoms. The molecule has 1 heterocycles. The van der Waals surface area contributed by atoms with Crippen LogP contribution in [-0.4, -0.2) is 17.0 Å². The Morgan fingerprint density at radius 1 is 1.10 bits per heavy atom. The lowest BCUT2D eigenvalue weighted by Crippen LogP contribution is -2.06. The third-order valence-electron chi connectivity index (χ3n) is 3.68. The topological polar surface area (TPSA) is 37.8 Å². The van der Waals surface area contributed by atoms with Gasteiger partial charge in [-0.25, -0.2) is 9.97 Å². The fraction of sp³-hybridized carbons (Fsp3) is 0.444. The van der Waals surface area contributed by atoms with Gasteiger partial charge >= 0.3 is 0 Å². The van der Waals surface area contributed by atoms with E-state index in [2.05, 4.69) is 62.3 Å². The minimum absolute atomic E-state index is 0.316. The highest BCUT2D eigenvalue weighted by Crippen LogP contribution is 2.27. The third kappa shape index (κ3) is 3.41. The van der Waals surface area contributed by atoms with Crippen LogP contribution >= 0.6 is 0 Å². The van der Waals surface area contributed by atoms with Gasteiger partial charge in [0.15, 0.2) is 0 Å². The summed E-state index contributed by atoms with van der Waals surface area (Å²) in [5, 5.41) is 3.18. The standard InChI is InChI=1S/C18H25N3/c1-6-7-14-8-10-15(11-9-14)16-13(4)18(19-5)21-17(20-16)12(2)3/h8-12H,6-7H2,1-5H3,(H,19,20,21). The van der Waals surface area contributed by atoms with E-state index in [1.54, 1.807) is 0 Å². The van der Waals surface area contributed by atoms with Crippen molar-refractivity contribution in [1.29, 1.82) is 0 Å². The van der Waals surface area contributed by atoms with Gasteiger partial charge in [0.1, 0.15) is 11.6 Å². The monoisotopic (exact) mass is 283 g/mol.